The monoisotopic (exact) mass is 671 g/mol. The number of nitrogens with one attached hydrogen (secondary N) is 1. The number of benzene rings is 2. The van der Waals surface area contributed by atoms with Gasteiger partial charge in [-0.3, -0.25) is 24.1 Å². The molecule has 2 aromatic rings. The summed E-state index contributed by atoms with van der Waals surface area (Å²) in [5.74, 6) is -5.06. The van der Waals surface area contributed by atoms with Gasteiger partial charge in [-0.05, 0) is 19.4 Å². The molecular weight excluding hydrogens is 636 g/mol. The molecule has 0 aromatic heterocycles. The summed E-state index contributed by atoms with van der Waals surface area (Å²) in [4.78, 5) is 55.9. The van der Waals surface area contributed by atoms with Crippen molar-refractivity contribution in [2.24, 2.45) is 22.4 Å². The number of ether oxygens (including phenoxy) is 1. The maximum Gasteiger partial charge on any atom is 0.389 e. The van der Waals surface area contributed by atoms with Crippen LogP contribution in [0, 0.1) is 18.8 Å². The van der Waals surface area contributed by atoms with Crippen molar-refractivity contribution in [3.05, 3.63) is 65.7 Å². The van der Waals surface area contributed by atoms with Gasteiger partial charge < -0.3 is 21.5 Å². The lowest BCUT2D eigenvalue weighted by atomic mass is 9.97. The van der Waals surface area contributed by atoms with Gasteiger partial charge in [-0.15, -0.1) is 12.8 Å². The fourth-order valence-electron chi connectivity index (χ4n) is 3.90. The SMILES string of the molecule is C#C.CCC(F)(F)F.C[C@H](N)C(=O)OCN1C(=O)[C@@H](NC(=O)[C@H](CCC(F)(F)F)CC(N)=O)N=C(c2ccccc2)c2ccccc21. The predicted molar refractivity (Wildman–Crippen MR) is 161 cm³/mol. The zero-order valence-electron chi connectivity index (χ0n) is 25.5. The fourth-order valence-corrected chi connectivity index (χ4v) is 3.90. The molecule has 2 aromatic carbocycles. The van der Waals surface area contributed by atoms with Crippen molar-refractivity contribution in [3.8, 4) is 12.8 Å². The second kappa shape index (κ2) is 18.3. The van der Waals surface area contributed by atoms with Crippen molar-refractivity contribution >= 4 is 35.1 Å². The number of aliphatic imine (C=N–C) groups is 1. The predicted octanol–water partition coefficient (Wildman–Crippen LogP) is 4.20. The Bertz CT molecular complexity index is 1410. The van der Waals surface area contributed by atoms with E-state index in [1.165, 1.54) is 6.92 Å². The van der Waals surface area contributed by atoms with E-state index in [2.05, 4.69) is 23.2 Å². The molecule has 256 valence electrons. The Labute approximate surface area is 267 Å². The zero-order chi connectivity index (χ0) is 35.9. The first-order valence-electron chi connectivity index (χ1n) is 13.9. The third-order valence-corrected chi connectivity index (χ3v) is 6.24. The summed E-state index contributed by atoms with van der Waals surface area (Å²) in [6.07, 6.45) is -5.60. The van der Waals surface area contributed by atoms with Gasteiger partial charge in [-0.25, -0.2) is 4.99 Å². The van der Waals surface area contributed by atoms with Crippen LogP contribution < -0.4 is 21.7 Å². The normalized spacial score (nSPS) is 15.6. The highest BCUT2D eigenvalue weighted by Crippen LogP contribution is 2.29. The topological polar surface area (TPSA) is 157 Å². The average molecular weight is 672 g/mol. The zero-order valence-corrected chi connectivity index (χ0v) is 25.5. The van der Waals surface area contributed by atoms with Gasteiger partial charge in [0.25, 0.3) is 5.91 Å². The Morgan fingerprint density at radius 3 is 2.06 bits per heavy atom. The van der Waals surface area contributed by atoms with E-state index < -0.39 is 86.6 Å². The van der Waals surface area contributed by atoms with Crippen LogP contribution in [0.25, 0.3) is 0 Å². The maximum absolute atomic E-state index is 13.7. The van der Waals surface area contributed by atoms with Crippen molar-refractivity contribution in [1.82, 2.24) is 5.32 Å². The number of carbonyl (C=O) groups excluding carboxylic acids is 4. The third kappa shape index (κ3) is 13.5. The summed E-state index contributed by atoms with van der Waals surface area (Å²) in [7, 11) is 0. The second-order valence-corrected chi connectivity index (χ2v) is 9.91. The molecular formula is C31H35F6N5O5. The van der Waals surface area contributed by atoms with Gasteiger partial charge in [0, 0.05) is 36.3 Å². The number of terminal acetylenes is 1. The Balaban J connectivity index is 0.00000124. The number of primary amides is 1. The molecule has 10 nitrogen and oxygen atoms in total. The Morgan fingerprint density at radius 2 is 1.55 bits per heavy atom. The van der Waals surface area contributed by atoms with E-state index >= 15 is 0 Å². The molecule has 0 unspecified atom stereocenters. The number of alkyl halides is 6. The molecule has 0 saturated heterocycles. The number of esters is 1. The van der Waals surface area contributed by atoms with Gasteiger partial charge in [0.15, 0.2) is 6.73 Å². The number of hydrogen-bond donors (Lipinski definition) is 3. The lowest BCUT2D eigenvalue weighted by Gasteiger charge is -2.26. The van der Waals surface area contributed by atoms with Crippen LogP contribution in [-0.4, -0.2) is 60.7 Å². The quantitative estimate of drug-likeness (QED) is 0.195. The fraction of sp³-hybridized carbons (Fsp3) is 0.387. The van der Waals surface area contributed by atoms with Gasteiger partial charge >= 0.3 is 18.3 Å². The minimum absolute atomic E-state index is 0.299. The van der Waals surface area contributed by atoms with Crippen LogP contribution in [0.4, 0.5) is 32.0 Å². The van der Waals surface area contributed by atoms with Gasteiger partial charge in [0.2, 0.25) is 18.0 Å². The van der Waals surface area contributed by atoms with Gasteiger partial charge in [0.05, 0.1) is 11.4 Å². The number of para-hydroxylation sites is 1. The van der Waals surface area contributed by atoms with Gasteiger partial charge in [-0.1, -0.05) is 55.5 Å². The van der Waals surface area contributed by atoms with Gasteiger partial charge in [-0.2, -0.15) is 26.3 Å². The van der Waals surface area contributed by atoms with Gasteiger partial charge in [0.1, 0.15) is 6.04 Å². The van der Waals surface area contributed by atoms with Crippen LogP contribution in [0.2, 0.25) is 0 Å². The largest absolute Gasteiger partial charge is 0.443 e. The maximum atomic E-state index is 13.7. The first kappa shape index (κ1) is 40.1. The molecule has 5 N–H and O–H groups in total. The number of nitrogens with zero attached hydrogens (tertiary/aromatic N) is 2. The number of carbonyl (C=O) groups is 4. The first-order valence-corrected chi connectivity index (χ1v) is 13.9. The molecule has 3 rings (SSSR count). The molecule has 1 heterocycles. The van der Waals surface area contributed by atoms with Crippen molar-refractivity contribution in [1.29, 1.82) is 0 Å². The van der Waals surface area contributed by atoms with Crippen LogP contribution >= 0.6 is 0 Å². The summed E-state index contributed by atoms with van der Waals surface area (Å²) >= 11 is 0. The molecule has 47 heavy (non-hydrogen) atoms. The van der Waals surface area contributed by atoms with Crippen LogP contribution in [0.1, 0.15) is 50.7 Å². The van der Waals surface area contributed by atoms with E-state index in [0.29, 0.717) is 22.5 Å². The Kier molecular flexibility index (Phi) is 15.6. The highest BCUT2D eigenvalue weighted by atomic mass is 19.4. The molecule has 16 heteroatoms. The number of hydrogen-bond acceptors (Lipinski definition) is 7. The molecule has 1 aliphatic heterocycles. The number of rotatable bonds is 10. The highest BCUT2D eigenvalue weighted by molar-refractivity contribution is 6.20. The highest BCUT2D eigenvalue weighted by Gasteiger charge is 2.37. The lowest BCUT2D eigenvalue weighted by Crippen LogP contribution is -2.50. The Hall–Kier alpha value is -4.91. The van der Waals surface area contributed by atoms with Crippen LogP contribution in [0.3, 0.4) is 0 Å². The van der Waals surface area contributed by atoms with E-state index in [-0.39, 0.29) is 0 Å². The first-order chi connectivity index (χ1) is 21.9. The minimum atomic E-state index is -4.57. The molecule has 0 fully saturated rings. The standard InChI is InChI=1S/C26H28F3N5O5.C3H5F3.C2H2/c1-15(30)25(38)39-14-34-19-10-6-5-9-18(19)21(16-7-3-2-4-8-16)32-22(24(34)37)33-23(36)17(13-20(31)35)11-12-26(27,28)29;1-2-3(4,5)6;1-2/h2-10,15,17,22H,11-14,30H2,1H3,(H2,31,35)(H,33,36);2H2,1H3;1-2H/t15-,17+,22+;;/m0../s1. The number of amides is 3. The summed E-state index contributed by atoms with van der Waals surface area (Å²) < 4.78 is 76.1. The summed E-state index contributed by atoms with van der Waals surface area (Å²) in [6, 6.07) is 14.3. The molecule has 0 bridgehead atoms. The van der Waals surface area contributed by atoms with Crippen LogP contribution in [0.15, 0.2) is 59.6 Å². The number of fused-ring (bicyclic) bond motifs is 1. The summed E-state index contributed by atoms with van der Waals surface area (Å²) in [5, 5.41) is 2.37. The molecule has 3 amide bonds. The smallest absolute Gasteiger partial charge is 0.389 e. The van der Waals surface area contributed by atoms with Crippen molar-refractivity contribution < 1.29 is 50.3 Å². The van der Waals surface area contributed by atoms with E-state index in [9.17, 15) is 45.5 Å². The molecule has 0 saturated carbocycles. The molecule has 1 aliphatic rings. The van der Waals surface area contributed by atoms with E-state index in [1.807, 2.05) is 0 Å². The van der Waals surface area contributed by atoms with E-state index in [1.54, 1.807) is 54.6 Å². The minimum Gasteiger partial charge on any atom is -0.443 e. The Morgan fingerprint density at radius 1 is 1.00 bits per heavy atom. The molecule has 0 aliphatic carbocycles. The molecule has 0 spiro atoms. The summed E-state index contributed by atoms with van der Waals surface area (Å²) in [5.41, 5.74) is 12.4. The van der Waals surface area contributed by atoms with Crippen LogP contribution in [0.5, 0.6) is 0 Å². The molecule has 3 atom stereocenters. The van der Waals surface area contributed by atoms with E-state index in [0.717, 1.165) is 11.8 Å². The number of nitrogens with two attached hydrogens (primary N) is 2. The average Bonchev–Trinajstić information content (AvgIpc) is 3.12. The van der Waals surface area contributed by atoms with Crippen molar-refractivity contribution in [2.75, 3.05) is 11.6 Å². The second-order valence-electron chi connectivity index (χ2n) is 9.91. The number of halogens is 6. The van der Waals surface area contributed by atoms with Crippen LogP contribution in [-0.2, 0) is 23.9 Å². The lowest BCUT2D eigenvalue weighted by molar-refractivity contribution is -0.146. The third-order valence-electron chi connectivity index (χ3n) is 6.24. The molecule has 0 radical (unpaired) electrons. The van der Waals surface area contributed by atoms with E-state index in [4.69, 9.17) is 16.2 Å². The number of benzodiazepines with no additional fused rings is 1. The van der Waals surface area contributed by atoms with Crippen molar-refractivity contribution in [3.63, 3.8) is 0 Å². The van der Waals surface area contributed by atoms with Crippen molar-refractivity contribution in [2.45, 2.75) is 64.1 Å². The number of anilines is 1. The summed E-state index contributed by atoms with van der Waals surface area (Å²) in [6.45, 7) is 1.92.